The van der Waals surface area contributed by atoms with Crippen molar-refractivity contribution in [3.63, 3.8) is 0 Å². The number of hydrogen-bond donors (Lipinski definition) is 1. The van der Waals surface area contributed by atoms with Gasteiger partial charge in [0, 0.05) is 52.0 Å². The van der Waals surface area contributed by atoms with Crippen molar-refractivity contribution in [2.24, 2.45) is 10.9 Å². The average Bonchev–Trinajstić information content (AvgIpc) is 3.52. The van der Waals surface area contributed by atoms with Crippen LogP contribution in [0.15, 0.2) is 23.2 Å². The zero-order valence-corrected chi connectivity index (χ0v) is 17.0. The van der Waals surface area contributed by atoms with Crippen molar-refractivity contribution in [3.05, 3.63) is 18.2 Å². The molecule has 0 atom stereocenters. The van der Waals surface area contributed by atoms with E-state index in [1.807, 2.05) is 25.2 Å². The number of aliphatic imine (C=N–C) groups is 1. The van der Waals surface area contributed by atoms with Crippen molar-refractivity contribution >= 4 is 5.96 Å². The molecule has 1 N–H and O–H groups in total. The van der Waals surface area contributed by atoms with E-state index in [2.05, 4.69) is 15.2 Å². The van der Waals surface area contributed by atoms with Crippen molar-refractivity contribution in [2.45, 2.75) is 19.3 Å². The lowest BCUT2D eigenvalue weighted by Gasteiger charge is -2.22. The Kier molecular flexibility index (Phi) is 9.04. The molecule has 1 aromatic rings. The van der Waals surface area contributed by atoms with Gasteiger partial charge in [0.1, 0.15) is 17.2 Å². The molecule has 2 rings (SSSR count). The summed E-state index contributed by atoms with van der Waals surface area (Å²) in [7, 11) is 7.07. The van der Waals surface area contributed by atoms with Gasteiger partial charge in [-0.1, -0.05) is 0 Å². The predicted molar refractivity (Wildman–Crippen MR) is 107 cm³/mol. The fourth-order valence-electron chi connectivity index (χ4n) is 2.55. The molecule has 0 heterocycles. The van der Waals surface area contributed by atoms with E-state index in [1.54, 1.807) is 21.3 Å². The van der Waals surface area contributed by atoms with Crippen LogP contribution in [0.5, 0.6) is 17.2 Å². The second kappa shape index (κ2) is 11.5. The summed E-state index contributed by atoms with van der Waals surface area (Å²) >= 11 is 0. The Morgan fingerprint density at radius 2 is 1.78 bits per heavy atom. The third-order valence-electron chi connectivity index (χ3n) is 4.39. The number of ether oxygens (including phenoxy) is 4. The minimum absolute atomic E-state index is 0.592. The molecule has 0 amide bonds. The SMILES string of the molecule is CN=C(NCCCOc1cc(OC)cc(OC)c1)N(C)CCOCC1CC1. The standard InChI is InChI=1S/C20H33N3O4/c1-21-20(23(2)9-11-26-15-16-6-7-16)22-8-5-10-27-19-13-17(24-3)12-18(14-19)25-4/h12-14,16H,5-11,15H2,1-4H3,(H,21,22). The summed E-state index contributed by atoms with van der Waals surface area (Å²) in [6, 6.07) is 5.53. The van der Waals surface area contributed by atoms with Crippen LogP contribution in [0.3, 0.4) is 0 Å². The van der Waals surface area contributed by atoms with Gasteiger partial charge in [0.15, 0.2) is 5.96 Å². The molecule has 0 unspecified atom stereocenters. The average molecular weight is 380 g/mol. The topological polar surface area (TPSA) is 64.6 Å². The van der Waals surface area contributed by atoms with Crippen LogP contribution >= 0.6 is 0 Å². The van der Waals surface area contributed by atoms with Gasteiger partial charge in [-0.3, -0.25) is 4.99 Å². The van der Waals surface area contributed by atoms with Crippen LogP contribution in [-0.2, 0) is 4.74 Å². The lowest BCUT2D eigenvalue weighted by molar-refractivity contribution is 0.115. The number of benzene rings is 1. The molecule has 7 nitrogen and oxygen atoms in total. The molecule has 7 heteroatoms. The normalized spacial score (nSPS) is 14.0. The predicted octanol–water partition coefficient (Wildman–Crippen LogP) is 2.41. The molecular weight excluding hydrogens is 346 g/mol. The van der Waals surface area contributed by atoms with E-state index in [0.29, 0.717) is 18.1 Å². The molecule has 27 heavy (non-hydrogen) atoms. The molecule has 1 aliphatic carbocycles. The van der Waals surface area contributed by atoms with Crippen molar-refractivity contribution in [1.82, 2.24) is 10.2 Å². The van der Waals surface area contributed by atoms with Crippen molar-refractivity contribution in [2.75, 3.05) is 61.2 Å². The molecule has 152 valence electrons. The van der Waals surface area contributed by atoms with E-state index >= 15 is 0 Å². The van der Waals surface area contributed by atoms with Gasteiger partial charge < -0.3 is 29.2 Å². The van der Waals surface area contributed by atoms with Gasteiger partial charge in [0.05, 0.1) is 27.4 Å². The molecule has 0 radical (unpaired) electrons. The highest BCUT2D eigenvalue weighted by atomic mass is 16.5. The van der Waals surface area contributed by atoms with Crippen LogP contribution in [0.1, 0.15) is 19.3 Å². The Labute approximate surface area is 162 Å². The van der Waals surface area contributed by atoms with E-state index in [4.69, 9.17) is 18.9 Å². The summed E-state index contributed by atoms with van der Waals surface area (Å²) in [4.78, 5) is 6.40. The molecule has 0 bridgehead atoms. The minimum Gasteiger partial charge on any atom is -0.496 e. The number of nitrogens with one attached hydrogen (secondary N) is 1. The minimum atomic E-state index is 0.592. The Bertz CT molecular complexity index is 568. The summed E-state index contributed by atoms with van der Waals surface area (Å²) in [5.74, 6) is 3.84. The van der Waals surface area contributed by atoms with Gasteiger partial charge in [-0.05, 0) is 25.2 Å². The summed E-state index contributed by atoms with van der Waals surface area (Å²) in [5, 5.41) is 3.35. The largest absolute Gasteiger partial charge is 0.496 e. The molecule has 0 saturated heterocycles. The van der Waals surface area contributed by atoms with Gasteiger partial charge in [-0.2, -0.15) is 0 Å². The highest BCUT2D eigenvalue weighted by Gasteiger charge is 2.21. The number of nitrogens with zero attached hydrogens (tertiary/aromatic N) is 2. The maximum atomic E-state index is 5.80. The van der Waals surface area contributed by atoms with Crippen molar-refractivity contribution in [1.29, 1.82) is 0 Å². The first kappa shape index (κ1) is 21.2. The van der Waals surface area contributed by atoms with Gasteiger partial charge in [0.2, 0.25) is 0 Å². The van der Waals surface area contributed by atoms with Gasteiger partial charge in [-0.15, -0.1) is 0 Å². The molecule has 0 aliphatic heterocycles. The first-order chi connectivity index (χ1) is 13.2. The lowest BCUT2D eigenvalue weighted by atomic mass is 10.3. The Hall–Kier alpha value is -2.15. The monoisotopic (exact) mass is 379 g/mol. The highest BCUT2D eigenvalue weighted by molar-refractivity contribution is 5.79. The molecule has 1 aromatic carbocycles. The zero-order chi connectivity index (χ0) is 19.5. The third-order valence-corrected chi connectivity index (χ3v) is 4.39. The van der Waals surface area contributed by atoms with Crippen molar-refractivity contribution in [3.8, 4) is 17.2 Å². The van der Waals surface area contributed by atoms with E-state index in [9.17, 15) is 0 Å². The van der Waals surface area contributed by atoms with Crippen LogP contribution in [0.4, 0.5) is 0 Å². The summed E-state index contributed by atoms with van der Waals surface area (Å²) in [6.45, 7) is 3.82. The molecule has 0 spiro atoms. The molecule has 0 aromatic heterocycles. The summed E-state index contributed by atoms with van der Waals surface area (Å²) in [5.41, 5.74) is 0. The van der Waals surface area contributed by atoms with E-state index in [0.717, 1.165) is 50.4 Å². The highest BCUT2D eigenvalue weighted by Crippen LogP contribution is 2.28. The van der Waals surface area contributed by atoms with Crippen LogP contribution < -0.4 is 19.5 Å². The van der Waals surface area contributed by atoms with Crippen LogP contribution in [0.2, 0.25) is 0 Å². The van der Waals surface area contributed by atoms with E-state index in [-0.39, 0.29) is 0 Å². The zero-order valence-electron chi connectivity index (χ0n) is 17.0. The summed E-state index contributed by atoms with van der Waals surface area (Å²) < 4.78 is 22.0. The van der Waals surface area contributed by atoms with Crippen LogP contribution in [0, 0.1) is 5.92 Å². The second-order valence-electron chi connectivity index (χ2n) is 6.66. The van der Waals surface area contributed by atoms with Crippen molar-refractivity contribution < 1.29 is 18.9 Å². The number of hydrogen-bond acceptors (Lipinski definition) is 5. The van der Waals surface area contributed by atoms with E-state index in [1.165, 1.54) is 12.8 Å². The number of methoxy groups -OCH3 is 2. The Morgan fingerprint density at radius 3 is 2.37 bits per heavy atom. The maximum Gasteiger partial charge on any atom is 0.193 e. The quantitative estimate of drug-likeness (QED) is 0.342. The molecule has 1 fully saturated rings. The summed E-state index contributed by atoms with van der Waals surface area (Å²) in [6.07, 6.45) is 3.50. The van der Waals surface area contributed by atoms with Gasteiger partial charge >= 0.3 is 0 Å². The maximum absolute atomic E-state index is 5.80. The second-order valence-corrected chi connectivity index (χ2v) is 6.66. The Morgan fingerprint density at radius 1 is 1.11 bits per heavy atom. The third kappa shape index (κ3) is 7.95. The van der Waals surface area contributed by atoms with Gasteiger partial charge in [0.25, 0.3) is 0 Å². The number of likely N-dealkylation sites (N-methyl/N-ethyl adjacent to an activating group) is 1. The molecule has 1 saturated carbocycles. The van der Waals surface area contributed by atoms with Crippen LogP contribution in [-0.4, -0.2) is 72.1 Å². The Balaban J connectivity index is 1.62. The fourth-order valence-corrected chi connectivity index (χ4v) is 2.55. The fraction of sp³-hybridized carbons (Fsp3) is 0.650. The van der Waals surface area contributed by atoms with Gasteiger partial charge in [-0.25, -0.2) is 0 Å². The number of guanidine groups is 1. The smallest absolute Gasteiger partial charge is 0.193 e. The first-order valence-electron chi connectivity index (χ1n) is 9.51. The van der Waals surface area contributed by atoms with E-state index < -0.39 is 0 Å². The molecular formula is C20H33N3O4. The lowest BCUT2D eigenvalue weighted by Crippen LogP contribution is -2.41. The van der Waals surface area contributed by atoms with Crippen LogP contribution in [0.25, 0.3) is 0 Å². The number of rotatable bonds is 12. The molecule has 1 aliphatic rings. The first-order valence-corrected chi connectivity index (χ1v) is 9.51.